The number of carbonyl (C=O) groups is 1. The molecule has 1 aromatic rings. The molecule has 6 nitrogen and oxygen atoms in total. The van der Waals surface area contributed by atoms with Gasteiger partial charge in [-0.3, -0.25) is 9.48 Å². The Balaban J connectivity index is 2.03. The molecule has 0 saturated carbocycles. The topological polar surface area (TPSA) is 59.4 Å². The molecule has 1 amide bonds. The molecule has 0 aliphatic carbocycles. The number of nitrogens with zero attached hydrogens (tertiary/aromatic N) is 3. The third kappa shape index (κ3) is 4.54. The quantitative estimate of drug-likeness (QED) is 0.863. The summed E-state index contributed by atoms with van der Waals surface area (Å²) in [6.07, 6.45) is 2.53. The smallest absolute Gasteiger partial charge is 0.255 e. The van der Waals surface area contributed by atoms with Crippen molar-refractivity contribution in [1.29, 1.82) is 0 Å². The van der Waals surface area contributed by atoms with E-state index in [1.165, 1.54) is 0 Å². The Morgan fingerprint density at radius 3 is 2.83 bits per heavy atom. The zero-order chi connectivity index (χ0) is 17.0. The van der Waals surface area contributed by atoms with Gasteiger partial charge in [0.05, 0.1) is 36.2 Å². The Bertz CT molecular complexity index is 527. The molecule has 0 radical (unpaired) electrons. The number of morpholine rings is 1. The van der Waals surface area contributed by atoms with E-state index < -0.39 is 0 Å². The first-order valence-electron chi connectivity index (χ1n) is 8.58. The molecule has 0 spiro atoms. The maximum Gasteiger partial charge on any atom is 0.255 e. The van der Waals surface area contributed by atoms with Crippen molar-refractivity contribution in [3.05, 3.63) is 17.5 Å². The van der Waals surface area contributed by atoms with Gasteiger partial charge in [0.15, 0.2) is 0 Å². The minimum absolute atomic E-state index is 0.0246. The van der Waals surface area contributed by atoms with Gasteiger partial charge in [0.2, 0.25) is 0 Å². The second-order valence-electron chi connectivity index (χ2n) is 6.87. The van der Waals surface area contributed by atoms with Crippen LogP contribution in [0.3, 0.4) is 0 Å². The number of aromatic nitrogens is 2. The van der Waals surface area contributed by atoms with Crippen molar-refractivity contribution >= 4 is 5.91 Å². The predicted molar refractivity (Wildman–Crippen MR) is 90.6 cm³/mol. The van der Waals surface area contributed by atoms with E-state index in [9.17, 15) is 4.79 Å². The number of hydrogen-bond donors (Lipinski definition) is 1. The molecule has 0 aromatic carbocycles. The van der Waals surface area contributed by atoms with Gasteiger partial charge in [0, 0.05) is 19.6 Å². The van der Waals surface area contributed by atoms with Crippen LogP contribution in [-0.4, -0.2) is 59.5 Å². The van der Waals surface area contributed by atoms with Crippen LogP contribution in [-0.2, 0) is 17.7 Å². The molecule has 2 atom stereocenters. The molecular formula is C17H30N4O2. The lowest BCUT2D eigenvalue weighted by Gasteiger charge is -2.33. The highest BCUT2D eigenvalue weighted by Crippen LogP contribution is 2.13. The Kier molecular flexibility index (Phi) is 6.18. The summed E-state index contributed by atoms with van der Waals surface area (Å²) in [5.41, 5.74) is 1.69. The van der Waals surface area contributed by atoms with Crippen LogP contribution in [0.15, 0.2) is 6.20 Å². The average molecular weight is 322 g/mol. The van der Waals surface area contributed by atoms with Crippen molar-refractivity contribution < 1.29 is 9.53 Å². The summed E-state index contributed by atoms with van der Waals surface area (Å²) < 4.78 is 7.74. The second-order valence-corrected chi connectivity index (χ2v) is 6.87. The lowest BCUT2D eigenvalue weighted by Crippen LogP contribution is -2.51. The van der Waals surface area contributed by atoms with Gasteiger partial charge >= 0.3 is 0 Å². The van der Waals surface area contributed by atoms with Gasteiger partial charge in [-0.2, -0.15) is 5.10 Å². The number of carbonyl (C=O) groups excluding carboxylic acids is 1. The third-order valence-electron chi connectivity index (χ3n) is 4.28. The number of ether oxygens (including phenoxy) is 1. The molecule has 2 unspecified atom stereocenters. The van der Waals surface area contributed by atoms with Gasteiger partial charge in [0.25, 0.3) is 5.91 Å². The fourth-order valence-electron chi connectivity index (χ4n) is 2.97. The van der Waals surface area contributed by atoms with E-state index in [2.05, 4.69) is 43.1 Å². The Morgan fingerprint density at radius 1 is 1.48 bits per heavy atom. The number of amides is 1. The first-order chi connectivity index (χ1) is 10.9. The molecule has 1 aliphatic heterocycles. The molecule has 2 rings (SSSR count). The van der Waals surface area contributed by atoms with E-state index in [1.54, 1.807) is 6.20 Å². The second kappa shape index (κ2) is 7.93. The van der Waals surface area contributed by atoms with E-state index in [4.69, 9.17) is 4.74 Å². The SMILES string of the molecule is CCc1c(C(=O)NC(C)C2CN(C)CCO2)cnn1CC(C)C. The first-order valence-corrected chi connectivity index (χ1v) is 8.58. The summed E-state index contributed by atoms with van der Waals surface area (Å²) in [6, 6.07) is -0.0246. The van der Waals surface area contributed by atoms with Gasteiger partial charge in [0.1, 0.15) is 0 Å². The molecule has 6 heteroatoms. The average Bonchev–Trinajstić information content (AvgIpc) is 2.89. The Hall–Kier alpha value is -1.40. The fraction of sp³-hybridized carbons (Fsp3) is 0.765. The monoisotopic (exact) mass is 322 g/mol. The highest BCUT2D eigenvalue weighted by atomic mass is 16.5. The van der Waals surface area contributed by atoms with E-state index >= 15 is 0 Å². The van der Waals surface area contributed by atoms with E-state index in [0.717, 1.165) is 31.7 Å². The van der Waals surface area contributed by atoms with Crippen LogP contribution in [0, 0.1) is 5.92 Å². The van der Waals surface area contributed by atoms with Crippen molar-refractivity contribution in [3.8, 4) is 0 Å². The van der Waals surface area contributed by atoms with Gasteiger partial charge in [-0.15, -0.1) is 0 Å². The summed E-state index contributed by atoms with van der Waals surface area (Å²) in [4.78, 5) is 14.9. The zero-order valence-electron chi connectivity index (χ0n) is 15.0. The molecule has 1 N–H and O–H groups in total. The van der Waals surface area contributed by atoms with Gasteiger partial charge < -0.3 is 15.0 Å². The number of nitrogens with one attached hydrogen (secondary N) is 1. The first kappa shape index (κ1) is 17.9. The van der Waals surface area contributed by atoms with Gasteiger partial charge in [-0.25, -0.2) is 0 Å². The predicted octanol–water partition coefficient (Wildman–Crippen LogP) is 1.55. The van der Waals surface area contributed by atoms with Crippen molar-refractivity contribution in [3.63, 3.8) is 0 Å². The highest BCUT2D eigenvalue weighted by molar-refractivity contribution is 5.95. The van der Waals surface area contributed by atoms with E-state index in [1.807, 2.05) is 11.6 Å². The van der Waals surface area contributed by atoms with Crippen molar-refractivity contribution in [2.24, 2.45) is 5.92 Å². The molecule has 23 heavy (non-hydrogen) atoms. The normalized spacial score (nSPS) is 20.7. The maximum atomic E-state index is 12.6. The van der Waals surface area contributed by atoms with E-state index in [0.29, 0.717) is 18.1 Å². The highest BCUT2D eigenvalue weighted by Gasteiger charge is 2.26. The molecule has 2 heterocycles. The number of likely N-dealkylation sites (N-methyl/N-ethyl adjacent to an activating group) is 1. The molecule has 130 valence electrons. The molecular weight excluding hydrogens is 292 g/mol. The summed E-state index contributed by atoms with van der Waals surface area (Å²) in [5, 5.41) is 7.48. The van der Waals surface area contributed by atoms with Gasteiger partial charge in [-0.05, 0) is 26.3 Å². The zero-order valence-corrected chi connectivity index (χ0v) is 15.0. The Morgan fingerprint density at radius 2 is 2.22 bits per heavy atom. The fourth-order valence-corrected chi connectivity index (χ4v) is 2.97. The van der Waals surface area contributed by atoms with Crippen LogP contribution in [0.4, 0.5) is 0 Å². The minimum Gasteiger partial charge on any atom is -0.373 e. The molecule has 1 aromatic heterocycles. The van der Waals surface area contributed by atoms with Crippen LogP contribution in [0.25, 0.3) is 0 Å². The molecule has 0 bridgehead atoms. The third-order valence-corrected chi connectivity index (χ3v) is 4.28. The van der Waals surface area contributed by atoms with Crippen molar-refractivity contribution in [1.82, 2.24) is 20.0 Å². The lowest BCUT2D eigenvalue weighted by atomic mass is 10.1. The number of hydrogen-bond acceptors (Lipinski definition) is 4. The Labute approximate surface area is 139 Å². The molecule has 1 fully saturated rings. The number of rotatable bonds is 6. The molecule has 1 saturated heterocycles. The van der Waals surface area contributed by atoms with E-state index in [-0.39, 0.29) is 18.1 Å². The minimum atomic E-state index is -0.0545. The summed E-state index contributed by atoms with van der Waals surface area (Å²) in [7, 11) is 2.08. The van der Waals surface area contributed by atoms with Crippen molar-refractivity contribution in [2.75, 3.05) is 26.7 Å². The lowest BCUT2D eigenvalue weighted by molar-refractivity contribution is -0.0342. The van der Waals surface area contributed by atoms with Gasteiger partial charge in [-0.1, -0.05) is 20.8 Å². The van der Waals surface area contributed by atoms with Crippen LogP contribution in [0.1, 0.15) is 43.7 Å². The maximum absolute atomic E-state index is 12.6. The largest absolute Gasteiger partial charge is 0.373 e. The van der Waals surface area contributed by atoms with Crippen LogP contribution < -0.4 is 5.32 Å². The standard InChI is InChI=1S/C17H30N4O2/c1-6-15-14(9-18-21(15)10-12(2)3)17(22)19-13(4)16-11-20(5)7-8-23-16/h9,12-13,16H,6-8,10-11H2,1-5H3,(H,19,22). The van der Waals surface area contributed by atoms with Crippen LogP contribution >= 0.6 is 0 Å². The van der Waals surface area contributed by atoms with Crippen LogP contribution in [0.2, 0.25) is 0 Å². The summed E-state index contributed by atoms with van der Waals surface area (Å²) in [6.45, 7) is 11.7. The molecule has 1 aliphatic rings. The van der Waals surface area contributed by atoms with Crippen LogP contribution in [0.5, 0.6) is 0 Å². The van der Waals surface area contributed by atoms with Crippen molar-refractivity contribution in [2.45, 2.75) is 52.8 Å². The summed E-state index contributed by atoms with van der Waals surface area (Å²) in [5.74, 6) is 0.447. The summed E-state index contributed by atoms with van der Waals surface area (Å²) >= 11 is 0.